The van der Waals surface area contributed by atoms with Crippen molar-refractivity contribution in [1.82, 2.24) is 0 Å². The van der Waals surface area contributed by atoms with Gasteiger partial charge in [0, 0.05) is 23.4 Å². The Morgan fingerprint density at radius 1 is 0.289 bits per heavy atom. The molecule has 9 rings (SSSR count). The fourth-order valence-electron chi connectivity index (χ4n) is 16.9. The Kier molecular flexibility index (Phi) is 22.2. The van der Waals surface area contributed by atoms with Gasteiger partial charge in [-0.05, 0) is 257 Å². The van der Waals surface area contributed by atoms with Crippen LogP contribution in [0.1, 0.15) is 271 Å². The van der Waals surface area contributed by atoms with E-state index in [2.05, 4.69) is 237 Å². The molecule has 0 aliphatic heterocycles. The summed E-state index contributed by atoms with van der Waals surface area (Å²) in [5.74, 6) is 4.00. The van der Waals surface area contributed by atoms with Crippen LogP contribution in [0.2, 0.25) is 0 Å². The fraction of sp³-hybridized carbons (Fsp3) is 0.556. The summed E-state index contributed by atoms with van der Waals surface area (Å²) in [5, 5.41) is 0. The van der Waals surface area contributed by atoms with E-state index in [-0.39, 0.29) is 16.2 Å². The molecule has 6 aromatic carbocycles. The van der Waals surface area contributed by atoms with Gasteiger partial charge in [0.15, 0.2) is 0 Å². The van der Waals surface area contributed by atoms with Gasteiger partial charge in [-0.25, -0.2) is 0 Å². The van der Waals surface area contributed by atoms with E-state index in [1.165, 1.54) is 217 Å². The molecule has 3 aliphatic rings. The average molecular weight is 1340 g/mol. The summed E-state index contributed by atoms with van der Waals surface area (Å²) in [6.45, 7) is 29.4. The quantitative estimate of drug-likeness (QED) is 0.0369. The third-order valence-corrected chi connectivity index (χ3v) is 23.5. The molecule has 0 N–H and O–H groups in total. The molecule has 0 saturated heterocycles. The van der Waals surface area contributed by atoms with Crippen molar-refractivity contribution in [3.63, 3.8) is 0 Å². The van der Waals surface area contributed by atoms with Crippen LogP contribution >= 0.6 is 45.2 Å². The van der Waals surface area contributed by atoms with Crippen LogP contribution in [0.25, 0.3) is 55.6 Å². The zero-order chi connectivity index (χ0) is 59.1. The first kappa shape index (κ1) is 64.3. The molecule has 0 amide bonds. The minimum absolute atomic E-state index is 0.00305. The Bertz CT molecular complexity index is 2870. The van der Waals surface area contributed by atoms with Crippen LogP contribution in [0.5, 0.6) is 0 Å². The average Bonchev–Trinajstić information content (AvgIpc) is 2.24. The highest BCUT2D eigenvalue weighted by atomic mass is 127. The van der Waals surface area contributed by atoms with Crippen LogP contribution in [0.3, 0.4) is 0 Å². The minimum Gasteiger partial charge on any atom is -0.0654 e. The lowest BCUT2D eigenvalue weighted by atomic mass is 9.64. The zero-order valence-electron chi connectivity index (χ0n) is 54.1. The van der Waals surface area contributed by atoms with E-state index in [4.69, 9.17) is 0 Å². The molecule has 2 heteroatoms. The Balaban J connectivity index is 1.20. The van der Waals surface area contributed by atoms with Gasteiger partial charge in [-0.1, -0.05) is 259 Å². The van der Waals surface area contributed by atoms with Gasteiger partial charge in [-0.2, -0.15) is 0 Å². The Morgan fingerprint density at radius 3 is 0.747 bits per heavy atom. The summed E-state index contributed by atoms with van der Waals surface area (Å²) >= 11 is 5.22. The lowest BCUT2D eigenvalue weighted by Crippen LogP contribution is -2.31. The van der Waals surface area contributed by atoms with Crippen molar-refractivity contribution < 1.29 is 0 Å². The van der Waals surface area contributed by atoms with Gasteiger partial charge in [0.2, 0.25) is 0 Å². The van der Waals surface area contributed by atoms with Gasteiger partial charge in [-0.15, -0.1) is 0 Å². The molecule has 0 aromatic heterocycles. The lowest BCUT2D eigenvalue weighted by molar-refractivity contribution is 0.266. The van der Waals surface area contributed by atoms with E-state index in [1.807, 2.05) is 0 Å². The summed E-state index contributed by atoms with van der Waals surface area (Å²) in [5.41, 5.74) is 24.0. The molecule has 0 bridgehead atoms. The molecular formula is C81H108I2. The smallest absolute Gasteiger partial charge is 0.0221 e. The van der Waals surface area contributed by atoms with Crippen molar-refractivity contribution in [2.24, 2.45) is 35.5 Å². The van der Waals surface area contributed by atoms with Gasteiger partial charge in [-0.3, -0.25) is 0 Å². The molecule has 0 spiro atoms. The van der Waals surface area contributed by atoms with Crippen LogP contribution in [0.4, 0.5) is 0 Å². The number of benzene rings is 6. The van der Waals surface area contributed by atoms with E-state index in [1.54, 1.807) is 33.4 Å². The molecule has 0 nitrogen and oxygen atoms in total. The van der Waals surface area contributed by atoms with Crippen molar-refractivity contribution in [3.8, 4) is 55.6 Å². The molecule has 0 fully saturated rings. The van der Waals surface area contributed by atoms with Crippen LogP contribution in [-0.2, 0) is 16.2 Å². The highest BCUT2D eigenvalue weighted by Gasteiger charge is 2.49. The van der Waals surface area contributed by atoms with Crippen LogP contribution < -0.4 is 0 Å². The summed E-state index contributed by atoms with van der Waals surface area (Å²) in [7, 11) is 0. The Morgan fingerprint density at radius 2 is 0.518 bits per heavy atom. The molecule has 6 atom stereocenters. The molecule has 6 unspecified atom stereocenters. The number of hydrogen-bond donors (Lipinski definition) is 0. The Labute approximate surface area is 535 Å². The highest BCUT2D eigenvalue weighted by molar-refractivity contribution is 14.1. The van der Waals surface area contributed by atoms with Crippen LogP contribution in [0, 0.1) is 42.6 Å². The maximum absolute atomic E-state index is 2.74. The van der Waals surface area contributed by atoms with Gasteiger partial charge in [0.05, 0.1) is 0 Å². The summed E-state index contributed by atoms with van der Waals surface area (Å²) in [4.78, 5) is 0. The standard InChI is InChI=1S/C81H108I2/c1-13-23-27-57(19-7)51-80(52-58(20-8)28-24-14-2)75-45-63(33-39-69(75)71-41-35-65(82)47-77(71)80)61-31-37-67-68-38-32-62(44-74(68)79(73(67)43-61,49-55(11)17-5)50-56(12)18-6)64-34-40-70-72-42-36-66(83)48-78(72)81(76(70)46-64,53-59(21-9)29-25-15-3)54-60(22-10)30-26-16-4/h31-48,55-60H,13-30,49-54H2,1-12H3. The Hall–Kier alpha value is -3.22. The first-order chi connectivity index (χ1) is 40.2. The third-order valence-electron chi connectivity index (χ3n) is 22.2. The third kappa shape index (κ3) is 13.0. The molecule has 83 heavy (non-hydrogen) atoms. The SMILES string of the molecule is CCCCC(CC)CC1(CC(CC)CCCC)c2cc(I)ccc2-c2ccc(-c3ccc4c(c3)C(CC(C)CC)(CC(C)CC)c3cc(-c5ccc6c(c5)C(CC(CC)CCCC)(CC(CC)CCCC)c5cc(I)ccc5-6)ccc3-4)cc21. The fourth-order valence-corrected chi connectivity index (χ4v) is 17.9. The zero-order valence-corrected chi connectivity index (χ0v) is 58.4. The first-order valence-electron chi connectivity index (χ1n) is 34.4. The lowest BCUT2D eigenvalue weighted by Gasteiger charge is -2.39. The van der Waals surface area contributed by atoms with E-state index >= 15 is 0 Å². The van der Waals surface area contributed by atoms with Gasteiger partial charge >= 0.3 is 0 Å². The number of unbranched alkanes of at least 4 members (excludes halogenated alkanes) is 4. The molecule has 6 aromatic rings. The predicted octanol–water partition coefficient (Wildman–Crippen LogP) is 26.3. The van der Waals surface area contributed by atoms with Crippen molar-refractivity contribution in [3.05, 3.63) is 150 Å². The number of rotatable bonds is 32. The van der Waals surface area contributed by atoms with Crippen molar-refractivity contribution in [1.29, 1.82) is 0 Å². The van der Waals surface area contributed by atoms with Crippen molar-refractivity contribution in [2.75, 3.05) is 0 Å². The molecule has 3 aliphatic carbocycles. The molecular weight excluding hydrogens is 1230 g/mol. The predicted molar refractivity (Wildman–Crippen MR) is 381 cm³/mol. The summed E-state index contributed by atoms with van der Waals surface area (Å²) < 4.78 is 2.75. The minimum atomic E-state index is -0.0924. The van der Waals surface area contributed by atoms with Gasteiger partial charge in [0.25, 0.3) is 0 Å². The first-order valence-corrected chi connectivity index (χ1v) is 36.6. The highest BCUT2D eigenvalue weighted by Crippen LogP contribution is 2.61. The maximum Gasteiger partial charge on any atom is 0.0221 e. The topological polar surface area (TPSA) is 0 Å². The van der Waals surface area contributed by atoms with Gasteiger partial charge < -0.3 is 0 Å². The second-order valence-electron chi connectivity index (χ2n) is 27.6. The molecule has 0 radical (unpaired) electrons. The summed E-state index contributed by atoms with van der Waals surface area (Å²) in [6, 6.07) is 46.2. The normalized spacial score (nSPS) is 20.5. The molecule has 0 heterocycles. The second kappa shape index (κ2) is 28.7. The van der Waals surface area contributed by atoms with E-state index in [9.17, 15) is 0 Å². The second-order valence-corrected chi connectivity index (χ2v) is 30.1. The summed E-state index contributed by atoms with van der Waals surface area (Å²) in [6.07, 6.45) is 30.4. The van der Waals surface area contributed by atoms with E-state index < -0.39 is 0 Å². The number of fused-ring (bicyclic) bond motifs is 9. The number of halogens is 2. The number of hydrogen-bond acceptors (Lipinski definition) is 0. The van der Waals surface area contributed by atoms with E-state index in [0.29, 0.717) is 35.5 Å². The van der Waals surface area contributed by atoms with Gasteiger partial charge in [0.1, 0.15) is 0 Å². The van der Waals surface area contributed by atoms with Crippen LogP contribution in [-0.4, -0.2) is 0 Å². The maximum atomic E-state index is 2.74. The van der Waals surface area contributed by atoms with Crippen molar-refractivity contribution in [2.45, 2.75) is 253 Å². The largest absolute Gasteiger partial charge is 0.0654 e. The molecule has 0 saturated carbocycles. The van der Waals surface area contributed by atoms with Crippen LogP contribution in [0.15, 0.2) is 109 Å². The molecule has 446 valence electrons. The van der Waals surface area contributed by atoms with E-state index in [0.717, 1.165) is 0 Å². The van der Waals surface area contributed by atoms with Crippen molar-refractivity contribution >= 4 is 45.2 Å². The monoisotopic (exact) mass is 1330 g/mol.